The molecule has 37 heavy (non-hydrogen) atoms. The predicted octanol–water partition coefficient (Wildman–Crippen LogP) is 6.93. The number of anilines is 4. The molecule has 0 atom stereocenters. The van der Waals surface area contributed by atoms with Crippen molar-refractivity contribution in [3.63, 3.8) is 0 Å². The Balaban J connectivity index is 0.000000195. The smallest absolute Gasteiger partial charge is 0.0367 e. The summed E-state index contributed by atoms with van der Waals surface area (Å²) in [5.74, 6) is 0.952. The van der Waals surface area contributed by atoms with Crippen molar-refractivity contribution < 1.29 is 0 Å². The third-order valence-corrected chi connectivity index (χ3v) is 8.55. The van der Waals surface area contributed by atoms with E-state index in [1.807, 2.05) is 14.1 Å². The number of benzene rings is 2. The lowest BCUT2D eigenvalue weighted by Crippen LogP contribution is -2.34. The normalized spacial score (nSPS) is 19.2. The second-order valence-electron chi connectivity index (χ2n) is 11.1. The highest BCUT2D eigenvalue weighted by molar-refractivity contribution is 5.55. The number of nitrogens with zero attached hydrogens (tertiary/aromatic N) is 3. The minimum absolute atomic E-state index is 0.952. The predicted molar refractivity (Wildman–Crippen MR) is 163 cm³/mol. The second-order valence-corrected chi connectivity index (χ2v) is 11.1. The Kier molecular flexibility index (Phi) is 11.3. The summed E-state index contributed by atoms with van der Waals surface area (Å²) in [5, 5.41) is 6.33. The van der Waals surface area contributed by atoms with Crippen molar-refractivity contribution in [2.75, 3.05) is 80.3 Å². The SMILES string of the molecule is CNc1ccc(N2CCC(CCCN3CCCCC3)CC2)cc1.CNc1ccc(N2CCCCC2)cc1. The molecule has 0 bridgehead atoms. The first kappa shape index (κ1) is 27.6. The van der Waals surface area contributed by atoms with Crippen molar-refractivity contribution in [2.45, 2.75) is 64.2 Å². The molecule has 2 aromatic rings. The topological polar surface area (TPSA) is 33.8 Å². The average molecular weight is 506 g/mol. The first-order chi connectivity index (χ1) is 18.2. The summed E-state index contributed by atoms with van der Waals surface area (Å²) < 4.78 is 0. The standard InChI is InChI=1S/C20H33N3.C12H18N2/c1-21-19-7-9-20(10-8-19)23-16-11-18(12-17-23)6-5-15-22-13-3-2-4-14-22;1-13-11-5-7-12(8-6-11)14-9-3-2-4-10-14/h7-10,18,21H,2-6,11-17H2,1H3;5-8,13H,2-4,9-10H2,1H3. The van der Waals surface area contributed by atoms with Gasteiger partial charge in [0.2, 0.25) is 0 Å². The molecule has 0 aromatic heterocycles. The Hall–Kier alpha value is -2.40. The van der Waals surface area contributed by atoms with Gasteiger partial charge in [-0.3, -0.25) is 0 Å². The van der Waals surface area contributed by atoms with Crippen LogP contribution in [-0.4, -0.2) is 64.8 Å². The zero-order valence-electron chi connectivity index (χ0n) is 23.6. The molecular formula is C32H51N5. The van der Waals surface area contributed by atoms with Crippen molar-refractivity contribution in [2.24, 2.45) is 5.92 Å². The summed E-state index contributed by atoms with van der Waals surface area (Å²) in [7, 11) is 3.93. The van der Waals surface area contributed by atoms with E-state index in [9.17, 15) is 0 Å². The highest BCUT2D eigenvalue weighted by atomic mass is 15.1. The second kappa shape index (κ2) is 15.1. The van der Waals surface area contributed by atoms with Gasteiger partial charge in [-0.25, -0.2) is 0 Å². The molecule has 0 radical (unpaired) electrons. The molecular weight excluding hydrogens is 454 g/mol. The maximum absolute atomic E-state index is 3.19. The van der Waals surface area contributed by atoms with Gasteiger partial charge < -0.3 is 25.3 Å². The van der Waals surface area contributed by atoms with Crippen molar-refractivity contribution in [1.82, 2.24) is 4.90 Å². The van der Waals surface area contributed by atoms with E-state index in [0.29, 0.717) is 0 Å². The van der Waals surface area contributed by atoms with Gasteiger partial charge in [0.25, 0.3) is 0 Å². The molecule has 2 aromatic carbocycles. The van der Waals surface area contributed by atoms with Crippen LogP contribution in [0.15, 0.2) is 48.5 Å². The summed E-state index contributed by atoms with van der Waals surface area (Å²) in [5.41, 5.74) is 5.13. The van der Waals surface area contributed by atoms with Crippen LogP contribution in [0.4, 0.5) is 22.7 Å². The van der Waals surface area contributed by atoms with E-state index in [1.54, 1.807) is 0 Å². The Morgan fingerprint density at radius 1 is 0.595 bits per heavy atom. The number of piperidine rings is 3. The maximum atomic E-state index is 3.19. The molecule has 3 aliphatic heterocycles. The average Bonchev–Trinajstić information content (AvgIpc) is 2.99. The van der Waals surface area contributed by atoms with Gasteiger partial charge in [0, 0.05) is 63.0 Å². The van der Waals surface area contributed by atoms with Gasteiger partial charge in [-0.1, -0.05) is 6.42 Å². The summed E-state index contributed by atoms with van der Waals surface area (Å²) >= 11 is 0. The maximum Gasteiger partial charge on any atom is 0.0367 e. The molecule has 3 heterocycles. The Morgan fingerprint density at radius 2 is 1.05 bits per heavy atom. The molecule has 5 rings (SSSR count). The van der Waals surface area contributed by atoms with Crippen molar-refractivity contribution in [3.05, 3.63) is 48.5 Å². The van der Waals surface area contributed by atoms with Crippen molar-refractivity contribution in [1.29, 1.82) is 0 Å². The van der Waals surface area contributed by atoms with Gasteiger partial charge in [-0.05, 0) is 132 Å². The van der Waals surface area contributed by atoms with Crippen LogP contribution in [0, 0.1) is 5.92 Å². The van der Waals surface area contributed by atoms with Crippen LogP contribution in [0.3, 0.4) is 0 Å². The molecule has 2 N–H and O–H groups in total. The molecule has 0 aliphatic carbocycles. The van der Waals surface area contributed by atoms with Gasteiger partial charge in [0.1, 0.15) is 0 Å². The van der Waals surface area contributed by atoms with E-state index in [0.717, 1.165) is 5.92 Å². The number of likely N-dealkylation sites (tertiary alicyclic amines) is 1. The van der Waals surface area contributed by atoms with Crippen LogP contribution in [0.2, 0.25) is 0 Å². The third kappa shape index (κ3) is 8.84. The molecule has 0 unspecified atom stereocenters. The minimum atomic E-state index is 0.952. The van der Waals surface area contributed by atoms with Crippen LogP contribution in [-0.2, 0) is 0 Å². The lowest BCUT2D eigenvalue weighted by molar-refractivity contribution is 0.217. The van der Waals surface area contributed by atoms with Crippen LogP contribution in [0.25, 0.3) is 0 Å². The molecule has 3 saturated heterocycles. The number of nitrogens with one attached hydrogen (secondary N) is 2. The fourth-order valence-corrected chi connectivity index (χ4v) is 6.10. The Bertz CT molecular complexity index is 861. The summed E-state index contributed by atoms with van der Waals surface area (Å²) in [6.45, 7) is 8.94. The van der Waals surface area contributed by atoms with Gasteiger partial charge in [0.05, 0.1) is 0 Å². The van der Waals surface area contributed by atoms with E-state index in [1.165, 1.54) is 133 Å². The number of hydrogen-bond acceptors (Lipinski definition) is 5. The first-order valence-electron chi connectivity index (χ1n) is 15.0. The zero-order chi connectivity index (χ0) is 25.7. The quantitative estimate of drug-likeness (QED) is 0.407. The van der Waals surface area contributed by atoms with E-state index in [-0.39, 0.29) is 0 Å². The molecule has 3 aliphatic rings. The molecule has 5 heteroatoms. The first-order valence-corrected chi connectivity index (χ1v) is 15.0. The van der Waals surface area contributed by atoms with Crippen LogP contribution >= 0.6 is 0 Å². The van der Waals surface area contributed by atoms with Crippen LogP contribution < -0.4 is 20.4 Å². The molecule has 3 fully saturated rings. The molecule has 0 amide bonds. The van der Waals surface area contributed by atoms with E-state index in [2.05, 4.69) is 73.9 Å². The molecule has 0 spiro atoms. The number of hydrogen-bond donors (Lipinski definition) is 2. The highest BCUT2D eigenvalue weighted by Gasteiger charge is 2.20. The van der Waals surface area contributed by atoms with Gasteiger partial charge in [-0.15, -0.1) is 0 Å². The van der Waals surface area contributed by atoms with Crippen molar-refractivity contribution in [3.8, 4) is 0 Å². The third-order valence-electron chi connectivity index (χ3n) is 8.55. The Labute approximate surface area is 226 Å². The Morgan fingerprint density at radius 3 is 1.54 bits per heavy atom. The summed E-state index contributed by atoms with van der Waals surface area (Å²) in [4.78, 5) is 7.71. The number of rotatable bonds is 8. The van der Waals surface area contributed by atoms with Gasteiger partial charge in [-0.2, -0.15) is 0 Å². The van der Waals surface area contributed by atoms with E-state index < -0.39 is 0 Å². The fraction of sp³-hybridized carbons (Fsp3) is 0.625. The monoisotopic (exact) mass is 505 g/mol. The lowest BCUT2D eigenvalue weighted by atomic mass is 9.91. The van der Waals surface area contributed by atoms with Gasteiger partial charge >= 0.3 is 0 Å². The molecule has 204 valence electrons. The van der Waals surface area contributed by atoms with Crippen LogP contribution in [0.1, 0.15) is 64.2 Å². The van der Waals surface area contributed by atoms with Crippen LogP contribution in [0.5, 0.6) is 0 Å². The minimum Gasteiger partial charge on any atom is -0.388 e. The summed E-state index contributed by atoms with van der Waals surface area (Å²) in [6.07, 6.45) is 13.9. The van der Waals surface area contributed by atoms with Crippen molar-refractivity contribution >= 4 is 22.7 Å². The van der Waals surface area contributed by atoms with Gasteiger partial charge in [0.15, 0.2) is 0 Å². The molecule has 0 saturated carbocycles. The lowest BCUT2D eigenvalue weighted by Gasteiger charge is -2.34. The largest absolute Gasteiger partial charge is 0.388 e. The van der Waals surface area contributed by atoms with E-state index >= 15 is 0 Å². The summed E-state index contributed by atoms with van der Waals surface area (Å²) in [6, 6.07) is 17.6. The van der Waals surface area contributed by atoms with E-state index in [4.69, 9.17) is 0 Å². The fourth-order valence-electron chi connectivity index (χ4n) is 6.10. The molecule has 5 nitrogen and oxygen atoms in total. The highest BCUT2D eigenvalue weighted by Crippen LogP contribution is 2.27. The zero-order valence-corrected chi connectivity index (χ0v) is 23.6.